The summed E-state index contributed by atoms with van der Waals surface area (Å²) in [6, 6.07) is 61.7. The molecule has 4 aromatic heterocycles. The van der Waals surface area contributed by atoms with Crippen molar-refractivity contribution in [1.82, 2.24) is 18.7 Å². The average Bonchev–Trinajstić information content (AvgIpc) is 3.92. The predicted octanol–water partition coefficient (Wildman–Crippen LogP) is 12.4. The SMILES string of the molecule is CC(C)(C)c1ccnc(-n2c3ccccc3c3ccc(Oc4cccc(-n5[c-][n+](-c6ccccc6-n6c7ccccc7c7ccccc76)c6ccccc65)c4)cc32)c1. The van der Waals surface area contributed by atoms with Crippen molar-refractivity contribution in [2.24, 2.45) is 0 Å². The van der Waals surface area contributed by atoms with Crippen molar-refractivity contribution < 1.29 is 9.30 Å². The van der Waals surface area contributed by atoms with E-state index in [9.17, 15) is 0 Å². The number of ether oxygens (including phenoxy) is 1. The molecule has 0 N–H and O–H groups in total. The molecule has 58 heavy (non-hydrogen) atoms. The molecule has 4 heterocycles. The highest BCUT2D eigenvalue weighted by Gasteiger charge is 2.20. The van der Waals surface area contributed by atoms with Crippen LogP contribution >= 0.6 is 0 Å². The number of para-hydroxylation sites is 7. The normalized spacial score (nSPS) is 12.1. The van der Waals surface area contributed by atoms with Crippen molar-refractivity contribution in [3.05, 3.63) is 194 Å². The van der Waals surface area contributed by atoms with E-state index in [1.807, 2.05) is 18.3 Å². The van der Waals surface area contributed by atoms with Crippen LogP contribution in [0, 0.1) is 6.33 Å². The third kappa shape index (κ3) is 5.40. The lowest BCUT2D eigenvalue weighted by atomic mass is 9.88. The largest absolute Gasteiger partial charge is 0.458 e. The summed E-state index contributed by atoms with van der Waals surface area (Å²) < 4.78 is 15.6. The summed E-state index contributed by atoms with van der Waals surface area (Å²) in [6.45, 7) is 6.70. The fourth-order valence-electron chi connectivity index (χ4n) is 8.54. The van der Waals surface area contributed by atoms with Crippen LogP contribution in [0.5, 0.6) is 11.5 Å². The molecule has 0 saturated heterocycles. The van der Waals surface area contributed by atoms with E-state index in [-0.39, 0.29) is 5.41 Å². The van der Waals surface area contributed by atoms with Gasteiger partial charge in [-0.1, -0.05) is 118 Å². The molecule has 0 fully saturated rings. The molecule has 0 aliphatic heterocycles. The Morgan fingerprint density at radius 2 is 1.12 bits per heavy atom. The molecule has 0 aliphatic rings. The Morgan fingerprint density at radius 1 is 0.517 bits per heavy atom. The van der Waals surface area contributed by atoms with Crippen LogP contribution in [0.25, 0.3) is 77.5 Å². The lowest BCUT2D eigenvalue weighted by Crippen LogP contribution is -2.31. The molecule has 7 aromatic carbocycles. The molecule has 0 aliphatic carbocycles. The summed E-state index contributed by atoms with van der Waals surface area (Å²) in [5.41, 5.74) is 10.8. The number of benzene rings is 7. The Hall–Kier alpha value is -7.44. The number of rotatable bonds is 6. The minimum atomic E-state index is -0.00673. The smallest absolute Gasteiger partial charge is 0.269 e. The number of imidazole rings is 1. The molecule has 11 rings (SSSR count). The zero-order chi connectivity index (χ0) is 39.0. The third-order valence-electron chi connectivity index (χ3n) is 11.3. The van der Waals surface area contributed by atoms with E-state index in [0.717, 1.165) is 61.8 Å². The van der Waals surface area contributed by atoms with Gasteiger partial charge in [-0.3, -0.25) is 13.7 Å². The van der Waals surface area contributed by atoms with Crippen molar-refractivity contribution >= 4 is 54.6 Å². The molecule has 0 atom stereocenters. The van der Waals surface area contributed by atoms with Gasteiger partial charge in [0.15, 0.2) is 0 Å². The van der Waals surface area contributed by atoms with Crippen molar-refractivity contribution in [3.63, 3.8) is 0 Å². The Morgan fingerprint density at radius 3 is 1.84 bits per heavy atom. The van der Waals surface area contributed by atoms with E-state index < -0.39 is 0 Å². The molecular weight excluding hydrogens is 711 g/mol. The molecule has 0 bridgehead atoms. The van der Waals surface area contributed by atoms with Crippen LogP contribution < -0.4 is 9.30 Å². The Balaban J connectivity index is 1.01. The van der Waals surface area contributed by atoms with E-state index in [1.165, 1.54) is 32.8 Å². The van der Waals surface area contributed by atoms with Gasteiger partial charge in [-0.25, -0.2) is 4.98 Å². The first kappa shape index (κ1) is 33.9. The first-order chi connectivity index (χ1) is 28.4. The van der Waals surface area contributed by atoms with E-state index in [2.05, 4.69) is 209 Å². The number of hydrogen-bond donors (Lipinski definition) is 0. The lowest BCUT2D eigenvalue weighted by Gasteiger charge is -2.20. The first-order valence-corrected chi connectivity index (χ1v) is 19.7. The molecular formula is C52H39N5O. The van der Waals surface area contributed by atoms with Gasteiger partial charge >= 0.3 is 0 Å². The quantitative estimate of drug-likeness (QED) is 0.125. The summed E-state index contributed by atoms with van der Waals surface area (Å²) >= 11 is 0. The minimum absolute atomic E-state index is 0.00673. The van der Waals surface area contributed by atoms with Crippen molar-refractivity contribution in [2.45, 2.75) is 26.2 Å². The Bertz CT molecular complexity index is 3320. The molecule has 0 radical (unpaired) electrons. The summed E-state index contributed by atoms with van der Waals surface area (Å²) in [4.78, 5) is 4.86. The summed E-state index contributed by atoms with van der Waals surface area (Å²) in [5, 5.41) is 4.79. The van der Waals surface area contributed by atoms with E-state index in [4.69, 9.17) is 9.72 Å². The van der Waals surface area contributed by atoms with Gasteiger partial charge in [0, 0.05) is 33.8 Å². The zero-order valence-electron chi connectivity index (χ0n) is 32.5. The van der Waals surface area contributed by atoms with Crippen molar-refractivity contribution in [2.75, 3.05) is 0 Å². The first-order valence-electron chi connectivity index (χ1n) is 19.7. The lowest BCUT2D eigenvalue weighted by molar-refractivity contribution is -0.572. The fraction of sp³-hybridized carbons (Fsp3) is 0.0769. The van der Waals surface area contributed by atoms with E-state index >= 15 is 0 Å². The van der Waals surface area contributed by atoms with Crippen LogP contribution in [0.3, 0.4) is 0 Å². The van der Waals surface area contributed by atoms with Crippen LogP contribution in [0.1, 0.15) is 26.3 Å². The number of fused-ring (bicyclic) bond motifs is 7. The molecule has 0 saturated carbocycles. The van der Waals surface area contributed by atoms with Gasteiger partial charge in [-0.2, -0.15) is 0 Å². The molecule has 6 heteroatoms. The zero-order valence-corrected chi connectivity index (χ0v) is 32.5. The second kappa shape index (κ2) is 13.1. The van der Waals surface area contributed by atoms with Crippen LogP contribution in [-0.2, 0) is 5.41 Å². The van der Waals surface area contributed by atoms with Crippen LogP contribution in [0.15, 0.2) is 182 Å². The monoisotopic (exact) mass is 749 g/mol. The third-order valence-corrected chi connectivity index (χ3v) is 11.3. The molecule has 0 spiro atoms. The minimum Gasteiger partial charge on any atom is -0.458 e. The van der Waals surface area contributed by atoms with Gasteiger partial charge in [0.05, 0.1) is 50.2 Å². The van der Waals surface area contributed by atoms with Crippen LogP contribution in [-0.4, -0.2) is 18.7 Å². The molecule has 11 aromatic rings. The van der Waals surface area contributed by atoms with Gasteiger partial charge in [-0.05, 0) is 83.8 Å². The van der Waals surface area contributed by atoms with Gasteiger partial charge in [0.1, 0.15) is 17.3 Å². The van der Waals surface area contributed by atoms with Gasteiger partial charge in [-0.15, -0.1) is 0 Å². The fourth-order valence-corrected chi connectivity index (χ4v) is 8.54. The molecule has 0 unspecified atom stereocenters. The maximum atomic E-state index is 6.70. The van der Waals surface area contributed by atoms with Crippen molar-refractivity contribution in [3.8, 4) is 34.4 Å². The highest BCUT2D eigenvalue weighted by atomic mass is 16.5. The maximum absolute atomic E-state index is 6.70. The summed E-state index contributed by atoms with van der Waals surface area (Å²) in [6.07, 6.45) is 5.66. The molecule has 6 nitrogen and oxygen atoms in total. The maximum Gasteiger partial charge on any atom is 0.269 e. The van der Waals surface area contributed by atoms with Gasteiger partial charge in [0.2, 0.25) is 0 Å². The predicted molar refractivity (Wildman–Crippen MR) is 235 cm³/mol. The average molecular weight is 750 g/mol. The van der Waals surface area contributed by atoms with Crippen molar-refractivity contribution in [1.29, 1.82) is 0 Å². The summed E-state index contributed by atoms with van der Waals surface area (Å²) in [5.74, 6) is 2.37. The number of nitrogens with zero attached hydrogens (tertiary/aromatic N) is 5. The van der Waals surface area contributed by atoms with Crippen LogP contribution in [0.2, 0.25) is 0 Å². The van der Waals surface area contributed by atoms with E-state index in [0.29, 0.717) is 0 Å². The topological polar surface area (TPSA) is 40.8 Å². The second-order valence-corrected chi connectivity index (χ2v) is 15.9. The Labute approximate surface area is 336 Å². The van der Waals surface area contributed by atoms with Gasteiger partial charge in [0.25, 0.3) is 6.33 Å². The second-order valence-electron chi connectivity index (χ2n) is 15.9. The molecule has 0 amide bonds. The molecule has 278 valence electrons. The standard InChI is InChI=1S/C52H39N5O/c1-52(2,3)35-29-30-53-51(31-35)57-45-22-9-6-19-41(45)42-28-27-38(33-50(42)57)58-37-16-14-15-36(32-37)54-34-55(47-24-11-10-23-46(47)54)48-25-12-13-26-49(48)56-43-20-7-4-17-39(43)40-18-5-8-21-44(40)56/h4-33H,1-3H3. The highest BCUT2D eigenvalue weighted by molar-refractivity contribution is 6.10. The van der Waals surface area contributed by atoms with E-state index in [1.54, 1.807) is 0 Å². The number of aromatic nitrogens is 5. The highest BCUT2D eigenvalue weighted by Crippen LogP contribution is 2.37. The Kier molecular flexibility index (Phi) is 7.63. The number of hydrogen-bond acceptors (Lipinski definition) is 2. The number of pyridine rings is 1. The van der Waals surface area contributed by atoms with Crippen LogP contribution in [0.4, 0.5) is 0 Å². The summed E-state index contributed by atoms with van der Waals surface area (Å²) in [7, 11) is 0. The van der Waals surface area contributed by atoms with Gasteiger partial charge < -0.3 is 9.30 Å².